The van der Waals surface area contributed by atoms with Crippen molar-refractivity contribution in [1.82, 2.24) is 1.33 Å². The first-order valence-corrected chi connectivity index (χ1v) is 7.23. The van der Waals surface area contributed by atoms with Gasteiger partial charge in [0.25, 0.3) is 0 Å². The number of rotatable bonds is 4. The van der Waals surface area contributed by atoms with Gasteiger partial charge in [-0.3, -0.25) is 4.79 Å². The summed E-state index contributed by atoms with van der Waals surface area (Å²) in [5.41, 5.74) is 0.920. The Morgan fingerprint density at radius 3 is 2.47 bits per heavy atom. The standard InChI is InChI=1S/C9H8I3NO3.Na.H/c10-7-4-6(14)2-1-5(7)3-8(9(15)16)13(11)12;;/h1-2,4,8,14H,3H2,(H,15,16);;/q;+1;-1/t8-;;/m0../s1. The maximum absolute atomic E-state index is 11.0. The molecule has 8 heteroatoms. The second kappa shape index (κ2) is 8.74. The summed E-state index contributed by atoms with van der Waals surface area (Å²) < 4.78 is 2.49. The maximum Gasteiger partial charge on any atom is 1.00 e. The zero-order valence-electron chi connectivity index (χ0n) is 9.90. The van der Waals surface area contributed by atoms with Crippen LogP contribution in [-0.2, 0) is 11.2 Å². The Labute approximate surface area is 164 Å². The Balaban J connectivity index is 0. The molecular formula is C9H9I3NNaO3. The third-order valence-corrected chi connectivity index (χ3v) is 4.32. The Bertz CT molecular complexity index is 409. The van der Waals surface area contributed by atoms with Gasteiger partial charge in [0.05, 0.1) is 0 Å². The molecule has 90 valence electrons. The third kappa shape index (κ3) is 6.08. The molecule has 0 unspecified atom stereocenters. The van der Waals surface area contributed by atoms with Gasteiger partial charge in [0.2, 0.25) is 0 Å². The Morgan fingerprint density at radius 1 is 1.47 bits per heavy atom. The van der Waals surface area contributed by atoms with Gasteiger partial charge < -0.3 is 11.6 Å². The minimum atomic E-state index is -0.854. The van der Waals surface area contributed by atoms with Crippen LogP contribution in [-0.4, -0.2) is 23.6 Å². The van der Waals surface area contributed by atoms with Crippen molar-refractivity contribution in [2.75, 3.05) is 0 Å². The van der Waals surface area contributed by atoms with Gasteiger partial charge >= 0.3 is 35.5 Å². The first kappa shape index (κ1) is 18.6. The van der Waals surface area contributed by atoms with Gasteiger partial charge in [-0.15, -0.1) is 0 Å². The van der Waals surface area contributed by atoms with E-state index in [1.54, 1.807) is 19.5 Å². The van der Waals surface area contributed by atoms with Gasteiger partial charge in [-0.05, 0) is 40.3 Å². The average Bonchev–Trinajstić information content (AvgIpc) is 2.15. The van der Waals surface area contributed by atoms with E-state index in [2.05, 4.69) is 22.6 Å². The van der Waals surface area contributed by atoms with E-state index in [-0.39, 0.29) is 36.7 Å². The first-order valence-electron chi connectivity index (χ1n) is 4.23. The summed E-state index contributed by atoms with van der Waals surface area (Å²) in [7, 11) is 0. The van der Waals surface area contributed by atoms with Crippen LogP contribution in [0.2, 0.25) is 0 Å². The minimum absolute atomic E-state index is 0. The molecule has 1 aromatic carbocycles. The number of aromatic hydroxyl groups is 1. The summed E-state index contributed by atoms with van der Waals surface area (Å²) in [4.78, 5) is 11.0. The molecular weight excluding hydrogens is 574 g/mol. The number of benzene rings is 1. The normalized spacial score (nSPS) is 12.0. The summed E-state index contributed by atoms with van der Waals surface area (Å²) >= 11 is 5.99. The van der Waals surface area contributed by atoms with E-state index in [0.717, 1.165) is 9.13 Å². The van der Waals surface area contributed by atoms with Gasteiger partial charge in [-0.25, -0.2) is 0 Å². The topological polar surface area (TPSA) is 60.8 Å². The number of phenolic OH excluding ortho intramolecular Hbond substituents is 1. The Morgan fingerprint density at radius 2 is 2.06 bits per heavy atom. The largest absolute Gasteiger partial charge is 1.00 e. The Hall–Kier alpha value is 1.64. The van der Waals surface area contributed by atoms with Crippen LogP contribution < -0.4 is 29.6 Å². The molecule has 0 heterocycles. The SMILES string of the molecule is O=C(O)[C@H](Cc1ccc(O)cc1I)N(I)I.[H-].[Na+]. The zero-order valence-corrected chi connectivity index (χ0v) is 17.4. The molecule has 0 amide bonds. The van der Waals surface area contributed by atoms with Crippen molar-refractivity contribution in [3.05, 3.63) is 27.3 Å². The van der Waals surface area contributed by atoms with Crippen LogP contribution in [0.3, 0.4) is 0 Å². The van der Waals surface area contributed by atoms with Gasteiger partial charge in [0.1, 0.15) is 11.8 Å². The van der Waals surface area contributed by atoms with Crippen molar-refractivity contribution in [3.63, 3.8) is 0 Å². The van der Waals surface area contributed by atoms with E-state index in [1.165, 1.54) is 0 Å². The molecule has 1 aromatic rings. The van der Waals surface area contributed by atoms with E-state index in [1.807, 2.05) is 45.7 Å². The number of nitrogens with zero attached hydrogens (tertiary/aromatic N) is 1. The number of aliphatic carboxylic acids is 1. The molecule has 0 aliphatic carbocycles. The molecule has 17 heavy (non-hydrogen) atoms. The van der Waals surface area contributed by atoms with Crippen LogP contribution in [0.15, 0.2) is 18.2 Å². The van der Waals surface area contributed by atoms with Crippen LogP contribution in [0.25, 0.3) is 0 Å². The van der Waals surface area contributed by atoms with Crippen LogP contribution in [0, 0.1) is 3.57 Å². The molecule has 0 radical (unpaired) electrons. The van der Waals surface area contributed by atoms with Crippen molar-refractivity contribution in [3.8, 4) is 5.75 Å². The van der Waals surface area contributed by atoms with Gasteiger partial charge in [-0.1, -0.05) is 6.07 Å². The van der Waals surface area contributed by atoms with Crippen molar-refractivity contribution in [2.24, 2.45) is 0 Å². The smallest absolute Gasteiger partial charge is 1.00 e. The molecule has 0 saturated heterocycles. The molecule has 1 rings (SSSR count). The number of hydrogen-bond donors (Lipinski definition) is 2. The quantitative estimate of drug-likeness (QED) is 0.301. The molecule has 0 aromatic heterocycles. The van der Waals surface area contributed by atoms with E-state index in [9.17, 15) is 9.90 Å². The zero-order chi connectivity index (χ0) is 12.3. The van der Waals surface area contributed by atoms with Crippen molar-refractivity contribution < 1.29 is 46.0 Å². The molecule has 2 N–H and O–H groups in total. The van der Waals surface area contributed by atoms with Gasteiger partial charge in [0.15, 0.2) is 0 Å². The molecule has 0 fully saturated rings. The molecule has 0 aliphatic rings. The summed E-state index contributed by atoms with van der Waals surface area (Å²) in [6.45, 7) is 0. The summed E-state index contributed by atoms with van der Waals surface area (Å²) in [5, 5.41) is 18.3. The summed E-state index contributed by atoms with van der Waals surface area (Å²) in [5.74, 6) is -0.659. The van der Waals surface area contributed by atoms with Gasteiger partial charge in [-0.2, -0.15) is 1.33 Å². The summed E-state index contributed by atoms with van der Waals surface area (Å²) in [6, 6.07) is 4.38. The minimum Gasteiger partial charge on any atom is -1.00 e. The fraction of sp³-hybridized carbons (Fsp3) is 0.222. The number of carboxylic acid groups (broad SMARTS) is 1. The summed E-state index contributed by atoms with van der Waals surface area (Å²) in [6.07, 6.45) is 0.416. The van der Waals surface area contributed by atoms with Crippen molar-refractivity contribution in [1.29, 1.82) is 0 Å². The number of halogens is 3. The second-order valence-electron chi connectivity index (χ2n) is 3.09. The fourth-order valence-electron chi connectivity index (χ4n) is 1.15. The van der Waals surface area contributed by atoms with Crippen LogP contribution >= 0.6 is 68.3 Å². The average molecular weight is 583 g/mol. The molecule has 0 aliphatic heterocycles. The monoisotopic (exact) mass is 583 g/mol. The molecule has 0 spiro atoms. The third-order valence-electron chi connectivity index (χ3n) is 1.97. The molecule has 0 bridgehead atoms. The first-order chi connectivity index (χ1) is 7.41. The van der Waals surface area contributed by atoms with Crippen LogP contribution in [0.1, 0.15) is 6.99 Å². The van der Waals surface area contributed by atoms with Gasteiger partial charge in [0, 0.05) is 55.7 Å². The van der Waals surface area contributed by atoms with E-state index >= 15 is 0 Å². The second-order valence-corrected chi connectivity index (χ2v) is 8.18. The van der Waals surface area contributed by atoms with E-state index < -0.39 is 12.0 Å². The predicted molar refractivity (Wildman–Crippen MR) is 86.9 cm³/mol. The fourth-order valence-corrected chi connectivity index (χ4v) is 2.74. The number of carboxylic acids is 1. The molecule has 4 nitrogen and oxygen atoms in total. The molecule has 0 saturated carbocycles. The molecule has 1 atom stereocenters. The van der Waals surface area contributed by atoms with E-state index in [0.29, 0.717) is 6.42 Å². The maximum atomic E-state index is 11.0. The number of carbonyl (C=O) groups is 1. The number of phenols is 1. The van der Waals surface area contributed by atoms with Crippen molar-refractivity contribution >= 4 is 74.3 Å². The Kier molecular flexibility index (Phi) is 9.58. The predicted octanol–water partition coefficient (Wildman–Crippen LogP) is 0.111. The van der Waals surface area contributed by atoms with Crippen LogP contribution in [0.5, 0.6) is 5.75 Å². The van der Waals surface area contributed by atoms with Crippen LogP contribution in [0.4, 0.5) is 0 Å². The van der Waals surface area contributed by atoms with E-state index in [4.69, 9.17) is 5.11 Å². The number of hydrogen-bond acceptors (Lipinski definition) is 3. The van der Waals surface area contributed by atoms with Crippen molar-refractivity contribution in [2.45, 2.75) is 12.5 Å².